The molecule has 4 rings (SSSR count). The summed E-state index contributed by atoms with van der Waals surface area (Å²) in [4.78, 5) is 37.8. The van der Waals surface area contributed by atoms with Crippen molar-refractivity contribution in [2.45, 2.75) is 10.1 Å². The van der Waals surface area contributed by atoms with Crippen LogP contribution in [-0.4, -0.2) is 17.7 Å². The van der Waals surface area contributed by atoms with Crippen molar-refractivity contribution in [3.05, 3.63) is 126 Å². The zero-order valence-electron chi connectivity index (χ0n) is 19.0. The van der Waals surface area contributed by atoms with Crippen molar-refractivity contribution in [2.75, 3.05) is 10.6 Å². The van der Waals surface area contributed by atoms with E-state index >= 15 is 0 Å². The Morgan fingerprint density at radius 2 is 1.44 bits per heavy atom. The first-order chi connectivity index (χ1) is 17.4. The van der Waals surface area contributed by atoms with Crippen LogP contribution in [0.4, 0.5) is 15.8 Å². The first kappa shape index (κ1) is 24.7. The van der Waals surface area contributed by atoms with E-state index in [1.807, 2.05) is 36.4 Å². The largest absolute Gasteiger partial charge is 0.366 e. The highest BCUT2D eigenvalue weighted by atomic mass is 32.2. The predicted octanol–water partition coefficient (Wildman–Crippen LogP) is 5.65. The van der Waals surface area contributed by atoms with Gasteiger partial charge in [-0.1, -0.05) is 48.5 Å². The quantitative estimate of drug-likeness (QED) is 0.273. The summed E-state index contributed by atoms with van der Waals surface area (Å²) >= 11 is 1.31. The maximum Gasteiger partial charge on any atom is 0.258 e. The van der Waals surface area contributed by atoms with Crippen LogP contribution < -0.4 is 16.4 Å². The van der Waals surface area contributed by atoms with E-state index in [0.717, 1.165) is 10.5 Å². The summed E-state index contributed by atoms with van der Waals surface area (Å²) in [6.45, 7) is 0. The number of primary amides is 1. The van der Waals surface area contributed by atoms with E-state index in [1.54, 1.807) is 48.5 Å². The van der Waals surface area contributed by atoms with Crippen LogP contribution in [0.1, 0.15) is 31.5 Å². The SMILES string of the molecule is NC(=O)c1ccc(NC(=O)C(Sc2cccc(NC(=O)c3ccccc3F)c2)c2ccccc2)cc1. The number of thioether (sulfide) groups is 1. The molecule has 4 aromatic rings. The van der Waals surface area contributed by atoms with Gasteiger partial charge in [0.1, 0.15) is 11.1 Å². The van der Waals surface area contributed by atoms with Gasteiger partial charge in [-0.15, -0.1) is 11.8 Å². The van der Waals surface area contributed by atoms with Crippen LogP contribution >= 0.6 is 11.8 Å². The van der Waals surface area contributed by atoms with Crippen LogP contribution in [-0.2, 0) is 4.79 Å². The summed E-state index contributed by atoms with van der Waals surface area (Å²) in [7, 11) is 0. The Bertz CT molecular complexity index is 1390. The maximum atomic E-state index is 14.0. The Balaban J connectivity index is 1.54. The number of rotatable bonds is 8. The number of anilines is 2. The zero-order chi connectivity index (χ0) is 25.5. The molecule has 0 aromatic heterocycles. The first-order valence-corrected chi connectivity index (χ1v) is 11.9. The minimum absolute atomic E-state index is 0.0561. The van der Waals surface area contributed by atoms with Crippen molar-refractivity contribution in [1.82, 2.24) is 0 Å². The normalized spacial score (nSPS) is 11.4. The molecule has 0 bridgehead atoms. The van der Waals surface area contributed by atoms with Gasteiger partial charge in [-0.25, -0.2) is 4.39 Å². The molecule has 0 heterocycles. The fourth-order valence-corrected chi connectivity index (χ4v) is 4.54. The molecule has 0 saturated carbocycles. The molecule has 36 heavy (non-hydrogen) atoms. The van der Waals surface area contributed by atoms with Gasteiger partial charge in [-0.05, 0) is 60.2 Å². The third-order valence-electron chi connectivity index (χ3n) is 5.24. The lowest BCUT2D eigenvalue weighted by molar-refractivity contribution is -0.115. The molecule has 8 heteroatoms. The summed E-state index contributed by atoms with van der Waals surface area (Å²) in [6.07, 6.45) is 0. The second-order valence-electron chi connectivity index (χ2n) is 7.80. The minimum atomic E-state index is -0.612. The number of benzene rings is 4. The molecule has 0 spiro atoms. The second-order valence-corrected chi connectivity index (χ2v) is 8.98. The van der Waals surface area contributed by atoms with Crippen molar-refractivity contribution >= 4 is 40.9 Å². The summed E-state index contributed by atoms with van der Waals surface area (Å²) < 4.78 is 14.0. The molecule has 0 radical (unpaired) electrons. The van der Waals surface area contributed by atoms with Crippen molar-refractivity contribution in [2.24, 2.45) is 5.73 Å². The number of hydrogen-bond donors (Lipinski definition) is 3. The molecule has 3 amide bonds. The molecule has 4 aromatic carbocycles. The smallest absolute Gasteiger partial charge is 0.258 e. The van der Waals surface area contributed by atoms with Crippen LogP contribution in [0.25, 0.3) is 0 Å². The van der Waals surface area contributed by atoms with Gasteiger partial charge in [0.15, 0.2) is 0 Å². The average molecular weight is 500 g/mol. The summed E-state index contributed by atoms with van der Waals surface area (Å²) in [5.74, 6) is -1.98. The van der Waals surface area contributed by atoms with Gasteiger partial charge in [0, 0.05) is 21.8 Å². The molecule has 0 aliphatic heterocycles. The molecule has 6 nitrogen and oxygen atoms in total. The molecule has 1 unspecified atom stereocenters. The number of carbonyl (C=O) groups is 3. The molecule has 180 valence electrons. The van der Waals surface area contributed by atoms with Crippen LogP contribution in [0.15, 0.2) is 108 Å². The Morgan fingerprint density at radius 3 is 2.14 bits per heavy atom. The van der Waals surface area contributed by atoms with E-state index in [4.69, 9.17) is 5.73 Å². The molecule has 0 fully saturated rings. The molecule has 1 atom stereocenters. The van der Waals surface area contributed by atoms with Gasteiger partial charge in [-0.2, -0.15) is 0 Å². The lowest BCUT2D eigenvalue weighted by Gasteiger charge is -2.18. The maximum absolute atomic E-state index is 14.0. The van der Waals surface area contributed by atoms with E-state index in [1.165, 1.54) is 30.0 Å². The molecule has 4 N–H and O–H groups in total. The topological polar surface area (TPSA) is 101 Å². The van der Waals surface area contributed by atoms with Gasteiger partial charge in [0.2, 0.25) is 11.8 Å². The van der Waals surface area contributed by atoms with E-state index in [9.17, 15) is 18.8 Å². The fourth-order valence-electron chi connectivity index (χ4n) is 3.45. The minimum Gasteiger partial charge on any atom is -0.366 e. The Labute approximate surface area is 211 Å². The van der Waals surface area contributed by atoms with Crippen LogP contribution in [0.2, 0.25) is 0 Å². The Hall–Kier alpha value is -4.43. The van der Waals surface area contributed by atoms with Crippen LogP contribution in [0.5, 0.6) is 0 Å². The summed E-state index contributed by atoms with van der Waals surface area (Å²) in [6, 6.07) is 28.4. The van der Waals surface area contributed by atoms with Crippen molar-refractivity contribution < 1.29 is 18.8 Å². The van der Waals surface area contributed by atoms with Crippen LogP contribution in [0.3, 0.4) is 0 Å². The van der Waals surface area contributed by atoms with E-state index < -0.39 is 22.9 Å². The third kappa shape index (κ3) is 6.17. The van der Waals surface area contributed by atoms with Gasteiger partial charge >= 0.3 is 0 Å². The molecular formula is C28H22FN3O3S. The van der Waals surface area contributed by atoms with Crippen molar-refractivity contribution in [1.29, 1.82) is 0 Å². The fraction of sp³-hybridized carbons (Fsp3) is 0.0357. The van der Waals surface area contributed by atoms with Gasteiger partial charge < -0.3 is 16.4 Å². The highest BCUT2D eigenvalue weighted by molar-refractivity contribution is 8.00. The number of nitrogens with two attached hydrogens (primary N) is 1. The van der Waals surface area contributed by atoms with Crippen LogP contribution in [0, 0.1) is 5.82 Å². The Morgan fingerprint density at radius 1 is 0.750 bits per heavy atom. The lowest BCUT2D eigenvalue weighted by atomic mass is 10.1. The number of nitrogens with one attached hydrogen (secondary N) is 2. The number of halogens is 1. The van der Waals surface area contributed by atoms with Gasteiger partial charge in [0.05, 0.1) is 5.56 Å². The van der Waals surface area contributed by atoms with Gasteiger partial charge in [-0.3, -0.25) is 14.4 Å². The van der Waals surface area contributed by atoms with E-state index in [2.05, 4.69) is 10.6 Å². The van der Waals surface area contributed by atoms with Gasteiger partial charge in [0.25, 0.3) is 5.91 Å². The average Bonchev–Trinajstić information content (AvgIpc) is 2.88. The zero-order valence-corrected chi connectivity index (χ0v) is 19.8. The monoisotopic (exact) mass is 499 g/mol. The van der Waals surface area contributed by atoms with Crippen molar-refractivity contribution in [3.63, 3.8) is 0 Å². The number of carbonyl (C=O) groups excluding carboxylic acids is 3. The van der Waals surface area contributed by atoms with Crippen molar-refractivity contribution in [3.8, 4) is 0 Å². The molecule has 0 aliphatic rings. The standard InChI is InChI=1S/C28H22FN3O3S/c29-24-12-5-4-11-23(24)27(34)32-21-9-6-10-22(17-21)36-25(18-7-2-1-3-8-18)28(35)31-20-15-13-19(14-16-20)26(30)33/h1-17,25H,(H2,30,33)(H,31,35)(H,32,34). The number of hydrogen-bond acceptors (Lipinski definition) is 4. The summed E-state index contributed by atoms with van der Waals surface area (Å²) in [5, 5.41) is 4.97. The third-order valence-corrected chi connectivity index (χ3v) is 6.49. The van der Waals surface area contributed by atoms with E-state index in [0.29, 0.717) is 16.9 Å². The number of amides is 3. The predicted molar refractivity (Wildman–Crippen MR) is 139 cm³/mol. The molecular weight excluding hydrogens is 477 g/mol. The highest BCUT2D eigenvalue weighted by Gasteiger charge is 2.23. The molecule has 0 saturated heterocycles. The van der Waals surface area contributed by atoms with E-state index in [-0.39, 0.29) is 11.5 Å². The highest BCUT2D eigenvalue weighted by Crippen LogP contribution is 2.37. The lowest BCUT2D eigenvalue weighted by Crippen LogP contribution is -2.19. The first-order valence-electron chi connectivity index (χ1n) is 11.0. The summed E-state index contributed by atoms with van der Waals surface area (Å²) in [5.41, 5.74) is 7.36. The molecule has 0 aliphatic carbocycles. The Kier molecular flexibility index (Phi) is 7.77. The second kappa shape index (κ2) is 11.3.